The molecule has 0 bridgehead atoms. The summed E-state index contributed by atoms with van der Waals surface area (Å²) in [5.41, 5.74) is 0. The van der Waals surface area contributed by atoms with Crippen LogP contribution < -0.4 is 0 Å². The molecule has 6 atom stereocenters. The minimum absolute atomic E-state index is 0.117. The zero-order valence-electron chi connectivity index (χ0n) is 23.7. The first kappa shape index (κ1) is 35.0. The zero-order chi connectivity index (χ0) is 28.0. The lowest BCUT2D eigenvalue weighted by Gasteiger charge is -2.39. The van der Waals surface area contributed by atoms with Crippen LogP contribution in [0.15, 0.2) is 12.2 Å². The van der Waals surface area contributed by atoms with Gasteiger partial charge < -0.3 is 39.4 Å². The molecule has 9 heteroatoms. The molecule has 4 N–H and O–H groups in total. The number of ether oxygens (including phenoxy) is 4. The molecular weight excluding hydrogens is 492 g/mol. The Morgan fingerprint density at radius 3 is 2.11 bits per heavy atom. The van der Waals surface area contributed by atoms with Crippen LogP contribution in [-0.4, -0.2) is 89.6 Å². The number of hydrogen-bond donors (Lipinski definition) is 4. The van der Waals surface area contributed by atoms with Gasteiger partial charge >= 0.3 is 5.97 Å². The Bertz CT molecular complexity index is 599. The molecule has 0 aromatic carbocycles. The number of esters is 1. The topological polar surface area (TPSA) is 135 Å². The lowest BCUT2D eigenvalue weighted by atomic mass is 9.99. The molecule has 0 spiro atoms. The first-order valence-corrected chi connectivity index (χ1v) is 14.8. The van der Waals surface area contributed by atoms with Gasteiger partial charge in [-0.05, 0) is 38.5 Å². The number of hydrogen-bond acceptors (Lipinski definition) is 9. The Balaban J connectivity index is 2.28. The molecule has 1 saturated heterocycles. The van der Waals surface area contributed by atoms with E-state index in [1.54, 1.807) is 0 Å². The second-order valence-electron chi connectivity index (χ2n) is 10.2. The van der Waals surface area contributed by atoms with Crippen molar-refractivity contribution in [3.05, 3.63) is 12.2 Å². The van der Waals surface area contributed by atoms with Crippen LogP contribution in [0.25, 0.3) is 0 Å². The van der Waals surface area contributed by atoms with Gasteiger partial charge in [0.2, 0.25) is 0 Å². The van der Waals surface area contributed by atoms with E-state index in [0.29, 0.717) is 13.0 Å². The van der Waals surface area contributed by atoms with E-state index in [1.165, 1.54) is 57.8 Å². The lowest BCUT2D eigenvalue weighted by molar-refractivity contribution is -0.305. The first-order valence-electron chi connectivity index (χ1n) is 14.8. The van der Waals surface area contributed by atoms with Gasteiger partial charge in [-0.15, -0.1) is 0 Å². The SMILES string of the molecule is CCCCC/C=C\CCCCCCCCOCC(COC1OC(CO)C(O)C(O)C1O)OC(=O)CCCC. The highest BCUT2D eigenvalue weighted by molar-refractivity contribution is 5.69. The molecule has 0 aromatic heterocycles. The van der Waals surface area contributed by atoms with Crippen molar-refractivity contribution in [2.75, 3.05) is 26.4 Å². The maximum atomic E-state index is 12.2. The van der Waals surface area contributed by atoms with E-state index < -0.39 is 43.4 Å². The molecule has 0 aliphatic carbocycles. The molecular formula is C29H54O9. The fourth-order valence-corrected chi connectivity index (χ4v) is 4.23. The third-order valence-electron chi connectivity index (χ3n) is 6.68. The Kier molecular flexibility index (Phi) is 20.9. The number of aliphatic hydroxyl groups is 4. The highest BCUT2D eigenvalue weighted by Gasteiger charge is 2.44. The van der Waals surface area contributed by atoms with Crippen LogP contribution in [0.2, 0.25) is 0 Å². The van der Waals surface area contributed by atoms with Gasteiger partial charge in [0.05, 0.1) is 19.8 Å². The Morgan fingerprint density at radius 2 is 1.45 bits per heavy atom. The molecule has 0 saturated carbocycles. The molecule has 224 valence electrons. The average molecular weight is 547 g/mol. The van der Waals surface area contributed by atoms with Gasteiger partial charge in [-0.2, -0.15) is 0 Å². The van der Waals surface area contributed by atoms with Gasteiger partial charge in [-0.1, -0.05) is 70.9 Å². The summed E-state index contributed by atoms with van der Waals surface area (Å²) in [4.78, 5) is 12.2. The predicted octanol–water partition coefficient (Wildman–Crippen LogP) is 3.79. The summed E-state index contributed by atoms with van der Waals surface area (Å²) in [5.74, 6) is -0.353. The molecule has 0 amide bonds. The zero-order valence-corrected chi connectivity index (χ0v) is 23.7. The van der Waals surface area contributed by atoms with E-state index in [0.717, 1.165) is 25.7 Å². The van der Waals surface area contributed by atoms with Crippen molar-refractivity contribution in [1.82, 2.24) is 0 Å². The minimum Gasteiger partial charge on any atom is -0.457 e. The normalized spacial score (nSPS) is 24.6. The summed E-state index contributed by atoms with van der Waals surface area (Å²) in [6.45, 7) is 4.24. The molecule has 1 fully saturated rings. The fraction of sp³-hybridized carbons (Fsp3) is 0.897. The minimum atomic E-state index is -1.53. The van der Waals surface area contributed by atoms with Crippen LogP contribution in [0.4, 0.5) is 0 Å². The molecule has 6 unspecified atom stereocenters. The average Bonchev–Trinajstić information content (AvgIpc) is 2.92. The molecule has 38 heavy (non-hydrogen) atoms. The van der Waals surface area contributed by atoms with E-state index in [-0.39, 0.29) is 19.2 Å². The standard InChI is InChI=1S/C29H54O9/c1-3-5-7-8-9-10-11-12-13-14-15-16-17-19-35-21-23(37-25(31)18-6-4-2)22-36-29-28(34)27(33)26(32)24(20-30)38-29/h9-10,23-24,26-30,32-34H,3-8,11-22H2,1-2H3/b10-9-. The van der Waals surface area contributed by atoms with E-state index in [2.05, 4.69) is 19.1 Å². The van der Waals surface area contributed by atoms with Gasteiger partial charge in [0.25, 0.3) is 0 Å². The van der Waals surface area contributed by atoms with Crippen LogP contribution in [-0.2, 0) is 23.7 Å². The maximum Gasteiger partial charge on any atom is 0.306 e. The molecule has 0 radical (unpaired) electrons. The second kappa shape index (κ2) is 22.7. The Morgan fingerprint density at radius 1 is 0.816 bits per heavy atom. The van der Waals surface area contributed by atoms with E-state index in [1.807, 2.05) is 6.92 Å². The summed E-state index contributed by atoms with van der Waals surface area (Å²) in [6, 6.07) is 0. The van der Waals surface area contributed by atoms with E-state index in [4.69, 9.17) is 18.9 Å². The summed E-state index contributed by atoms with van der Waals surface area (Å²) >= 11 is 0. The van der Waals surface area contributed by atoms with Gasteiger partial charge in [0, 0.05) is 13.0 Å². The van der Waals surface area contributed by atoms with Gasteiger partial charge in [-0.3, -0.25) is 4.79 Å². The molecule has 0 aromatic rings. The van der Waals surface area contributed by atoms with Crippen molar-refractivity contribution in [1.29, 1.82) is 0 Å². The highest BCUT2D eigenvalue weighted by atomic mass is 16.7. The van der Waals surface area contributed by atoms with Crippen molar-refractivity contribution in [3.8, 4) is 0 Å². The monoisotopic (exact) mass is 546 g/mol. The quantitative estimate of drug-likeness (QED) is 0.0857. The van der Waals surface area contributed by atoms with Crippen molar-refractivity contribution >= 4 is 5.97 Å². The third kappa shape index (κ3) is 15.5. The predicted molar refractivity (Wildman–Crippen MR) is 146 cm³/mol. The molecule has 1 aliphatic rings. The number of allylic oxidation sites excluding steroid dienone is 2. The van der Waals surface area contributed by atoms with Crippen LogP contribution in [0, 0.1) is 0 Å². The smallest absolute Gasteiger partial charge is 0.306 e. The number of carbonyl (C=O) groups is 1. The van der Waals surface area contributed by atoms with E-state index in [9.17, 15) is 25.2 Å². The number of carbonyl (C=O) groups excluding carboxylic acids is 1. The second-order valence-corrected chi connectivity index (χ2v) is 10.2. The number of aliphatic hydroxyl groups excluding tert-OH is 4. The molecule has 9 nitrogen and oxygen atoms in total. The summed E-state index contributed by atoms with van der Waals surface area (Å²) in [7, 11) is 0. The lowest BCUT2D eigenvalue weighted by Crippen LogP contribution is -2.59. The Labute approximate surface area is 229 Å². The van der Waals surface area contributed by atoms with Crippen molar-refractivity contribution in [2.24, 2.45) is 0 Å². The fourth-order valence-electron chi connectivity index (χ4n) is 4.23. The van der Waals surface area contributed by atoms with Crippen molar-refractivity contribution < 1.29 is 44.2 Å². The van der Waals surface area contributed by atoms with Gasteiger partial charge in [-0.25, -0.2) is 0 Å². The Hall–Kier alpha value is -1.07. The van der Waals surface area contributed by atoms with Crippen LogP contribution in [0.5, 0.6) is 0 Å². The summed E-state index contributed by atoms with van der Waals surface area (Å²) in [5, 5.41) is 39.4. The van der Waals surface area contributed by atoms with Crippen LogP contribution in [0.1, 0.15) is 104 Å². The van der Waals surface area contributed by atoms with Crippen LogP contribution >= 0.6 is 0 Å². The number of rotatable bonds is 23. The maximum absolute atomic E-state index is 12.2. The van der Waals surface area contributed by atoms with Crippen molar-refractivity contribution in [2.45, 2.75) is 141 Å². The van der Waals surface area contributed by atoms with Crippen LogP contribution in [0.3, 0.4) is 0 Å². The van der Waals surface area contributed by atoms with E-state index >= 15 is 0 Å². The first-order chi connectivity index (χ1) is 18.4. The summed E-state index contributed by atoms with van der Waals surface area (Å²) in [6.07, 6.45) is 12.1. The molecule has 1 heterocycles. The number of unbranched alkanes of at least 4 members (excludes halogenated alkanes) is 10. The van der Waals surface area contributed by atoms with Gasteiger partial charge in [0.15, 0.2) is 6.29 Å². The molecule has 1 aliphatic heterocycles. The molecule has 1 rings (SSSR count). The highest BCUT2D eigenvalue weighted by Crippen LogP contribution is 2.22. The summed E-state index contributed by atoms with van der Waals surface area (Å²) < 4.78 is 22.2. The van der Waals surface area contributed by atoms with Gasteiger partial charge in [0.1, 0.15) is 30.5 Å². The largest absolute Gasteiger partial charge is 0.457 e. The third-order valence-corrected chi connectivity index (χ3v) is 6.68. The van der Waals surface area contributed by atoms with Crippen molar-refractivity contribution in [3.63, 3.8) is 0 Å².